The van der Waals surface area contributed by atoms with Crippen LogP contribution < -0.4 is 10.6 Å². The van der Waals surface area contributed by atoms with Gasteiger partial charge in [0.05, 0.1) is 22.1 Å². The lowest BCUT2D eigenvalue weighted by molar-refractivity contribution is 0.581. The molecule has 3 aliphatic rings. The van der Waals surface area contributed by atoms with Crippen LogP contribution in [0.4, 0.5) is 0 Å². The number of benzene rings is 8. The van der Waals surface area contributed by atoms with Crippen LogP contribution in [0.15, 0.2) is 193 Å². The average Bonchev–Trinajstić information content (AvgIpc) is 3.59. The summed E-state index contributed by atoms with van der Waals surface area (Å²) in [6, 6.07) is 63.8. The van der Waals surface area contributed by atoms with Gasteiger partial charge in [0, 0.05) is 26.7 Å². The van der Waals surface area contributed by atoms with Crippen LogP contribution in [-0.4, -0.2) is 4.57 Å². The molecule has 260 valence electrons. The van der Waals surface area contributed by atoms with Gasteiger partial charge in [0.25, 0.3) is 0 Å². The Balaban J connectivity index is 1.26. The van der Waals surface area contributed by atoms with Crippen molar-refractivity contribution < 1.29 is 4.57 Å². The van der Waals surface area contributed by atoms with Crippen molar-refractivity contribution in [3.05, 3.63) is 215 Å². The maximum atomic E-state index is 16.6. The molecule has 8 aromatic carbocycles. The van der Waals surface area contributed by atoms with Crippen LogP contribution in [-0.2, 0) is 9.98 Å². The van der Waals surface area contributed by atoms with Crippen LogP contribution in [0.25, 0.3) is 54.6 Å². The van der Waals surface area contributed by atoms with E-state index in [4.69, 9.17) is 0 Å². The van der Waals surface area contributed by atoms with E-state index in [2.05, 4.69) is 175 Å². The Hall–Kier alpha value is -6.21. The van der Waals surface area contributed by atoms with E-state index in [1.807, 2.05) is 18.2 Å². The predicted molar refractivity (Wildman–Crippen MR) is 231 cm³/mol. The number of hydrogen-bond donors (Lipinski definition) is 0. The van der Waals surface area contributed by atoms with Crippen LogP contribution in [0.1, 0.15) is 35.6 Å². The van der Waals surface area contributed by atoms with E-state index in [0.29, 0.717) is 6.42 Å². The molecule has 0 amide bonds. The SMILES string of the molecule is CC1CC2=C(C=C1c1ccc3ccc4ccccc4c3c1)C1(c3ccccc3-n3c4ccccc4c4cccc1c43)c1ccccc1P2(=O)c1ccccc1. The fourth-order valence-corrected chi connectivity index (χ4v) is 14.1. The van der Waals surface area contributed by atoms with Crippen molar-refractivity contribution in [2.75, 3.05) is 0 Å². The first-order chi connectivity index (χ1) is 27.1. The molecule has 1 aliphatic carbocycles. The third-order valence-corrected chi connectivity index (χ3v) is 16.2. The number of hydrogen-bond acceptors (Lipinski definition) is 1. The summed E-state index contributed by atoms with van der Waals surface area (Å²) < 4.78 is 19.1. The summed E-state index contributed by atoms with van der Waals surface area (Å²) in [5, 5.41) is 10.4. The first kappa shape index (κ1) is 31.2. The summed E-state index contributed by atoms with van der Waals surface area (Å²) in [6.07, 6.45) is 3.19. The fourth-order valence-electron chi connectivity index (χ4n) is 10.6. The minimum absolute atomic E-state index is 0.145. The van der Waals surface area contributed by atoms with Gasteiger partial charge in [-0.25, -0.2) is 0 Å². The fraction of sp³-hybridized carbons (Fsp3) is 0.0769. The largest absolute Gasteiger partial charge is 0.309 e. The van der Waals surface area contributed by atoms with E-state index >= 15 is 4.57 Å². The van der Waals surface area contributed by atoms with E-state index in [1.54, 1.807) is 0 Å². The molecular formula is C52H36NOP. The molecule has 0 saturated heterocycles. The summed E-state index contributed by atoms with van der Waals surface area (Å²) in [4.78, 5) is 0. The molecule has 2 nitrogen and oxygen atoms in total. The van der Waals surface area contributed by atoms with Gasteiger partial charge in [-0.05, 0) is 85.5 Å². The van der Waals surface area contributed by atoms with Crippen molar-refractivity contribution in [3.63, 3.8) is 0 Å². The standard InChI is InChI=1S/C52H36NOP/c1-33-30-50-46(32-41(33)36-29-28-35-27-26-34-14-5-6-17-38(34)42(35)31-36)52(44-21-9-12-25-49(44)55(50,54)37-15-3-2-4-16-37)43-20-8-11-24-48(43)53-47-23-10-7-18-39(47)40-19-13-22-45(52)51(40)53/h2-29,31-33H,30H2,1H3. The van der Waals surface area contributed by atoms with Crippen molar-refractivity contribution in [2.45, 2.75) is 18.8 Å². The Morgan fingerprint density at radius 1 is 0.582 bits per heavy atom. The average molecular weight is 722 g/mol. The lowest BCUT2D eigenvalue weighted by Gasteiger charge is -2.50. The maximum Gasteiger partial charge on any atom is 0.167 e. The molecule has 0 radical (unpaired) electrons. The van der Waals surface area contributed by atoms with Gasteiger partial charge in [0.15, 0.2) is 7.14 Å². The molecule has 3 heteroatoms. The lowest BCUT2D eigenvalue weighted by atomic mass is 9.60. The number of aromatic nitrogens is 1. The second kappa shape index (κ2) is 11.2. The van der Waals surface area contributed by atoms with Crippen LogP contribution >= 0.6 is 7.14 Å². The molecular weight excluding hydrogens is 686 g/mol. The van der Waals surface area contributed by atoms with Gasteiger partial charge in [0.2, 0.25) is 0 Å². The molecule has 3 atom stereocenters. The molecule has 3 heterocycles. The molecule has 3 unspecified atom stereocenters. The van der Waals surface area contributed by atoms with Gasteiger partial charge in [-0.15, -0.1) is 0 Å². The number of nitrogens with zero attached hydrogens (tertiary/aromatic N) is 1. The predicted octanol–water partition coefficient (Wildman–Crippen LogP) is 12.4. The number of allylic oxidation sites excluding steroid dienone is 4. The van der Waals surface area contributed by atoms with Gasteiger partial charge in [-0.1, -0.05) is 171 Å². The number of fused-ring (bicyclic) bond motifs is 13. The molecule has 12 rings (SSSR count). The zero-order valence-corrected chi connectivity index (χ0v) is 31.3. The zero-order valence-electron chi connectivity index (χ0n) is 30.4. The first-order valence-electron chi connectivity index (χ1n) is 19.3. The smallest absolute Gasteiger partial charge is 0.167 e. The van der Waals surface area contributed by atoms with Crippen LogP contribution in [0.5, 0.6) is 0 Å². The zero-order chi connectivity index (χ0) is 36.5. The van der Waals surface area contributed by atoms with Crippen molar-refractivity contribution in [2.24, 2.45) is 5.92 Å². The van der Waals surface area contributed by atoms with Crippen LogP contribution in [0.2, 0.25) is 0 Å². The Bertz CT molecular complexity index is 3240. The highest BCUT2D eigenvalue weighted by atomic mass is 31.2. The Morgan fingerprint density at radius 2 is 1.24 bits per heavy atom. The minimum Gasteiger partial charge on any atom is -0.309 e. The molecule has 1 aromatic heterocycles. The Labute approximate surface area is 320 Å². The van der Waals surface area contributed by atoms with E-state index in [-0.39, 0.29) is 5.92 Å². The van der Waals surface area contributed by atoms with Gasteiger partial charge >= 0.3 is 0 Å². The van der Waals surface area contributed by atoms with Crippen molar-refractivity contribution >= 4 is 66.7 Å². The first-order valence-corrected chi connectivity index (χ1v) is 21.0. The van der Waals surface area contributed by atoms with E-state index < -0.39 is 12.6 Å². The molecule has 0 N–H and O–H groups in total. The summed E-state index contributed by atoms with van der Waals surface area (Å²) in [5.41, 5.74) is 10.2. The third kappa shape index (κ3) is 3.92. The quantitative estimate of drug-likeness (QED) is 0.129. The van der Waals surface area contributed by atoms with Crippen LogP contribution in [0.3, 0.4) is 0 Å². The molecule has 9 aromatic rings. The van der Waals surface area contributed by atoms with E-state index in [0.717, 1.165) is 21.5 Å². The highest BCUT2D eigenvalue weighted by Gasteiger charge is 2.56. The topological polar surface area (TPSA) is 22.0 Å². The molecule has 0 saturated carbocycles. The molecule has 1 spiro atoms. The van der Waals surface area contributed by atoms with Crippen molar-refractivity contribution in [3.8, 4) is 5.69 Å². The minimum atomic E-state index is -3.28. The molecule has 2 aliphatic heterocycles. The summed E-state index contributed by atoms with van der Waals surface area (Å²) in [5.74, 6) is 0.145. The van der Waals surface area contributed by atoms with Gasteiger partial charge in [0.1, 0.15) is 0 Å². The summed E-state index contributed by atoms with van der Waals surface area (Å²) in [7, 11) is -3.28. The van der Waals surface area contributed by atoms with Crippen molar-refractivity contribution in [1.82, 2.24) is 4.57 Å². The van der Waals surface area contributed by atoms with Gasteiger partial charge in [-0.3, -0.25) is 0 Å². The molecule has 0 bridgehead atoms. The van der Waals surface area contributed by atoms with Crippen LogP contribution in [0, 0.1) is 5.92 Å². The summed E-state index contributed by atoms with van der Waals surface area (Å²) in [6.45, 7) is 2.33. The molecule has 55 heavy (non-hydrogen) atoms. The second-order valence-corrected chi connectivity index (χ2v) is 18.3. The van der Waals surface area contributed by atoms with E-state index in [1.165, 1.54) is 76.9 Å². The second-order valence-electron chi connectivity index (χ2n) is 15.6. The summed E-state index contributed by atoms with van der Waals surface area (Å²) >= 11 is 0. The third-order valence-electron chi connectivity index (χ3n) is 12.9. The van der Waals surface area contributed by atoms with Gasteiger partial charge in [-0.2, -0.15) is 0 Å². The highest BCUT2D eigenvalue weighted by molar-refractivity contribution is 7.82. The number of para-hydroxylation sites is 3. The number of rotatable bonds is 2. The highest BCUT2D eigenvalue weighted by Crippen LogP contribution is 2.68. The van der Waals surface area contributed by atoms with E-state index in [9.17, 15) is 0 Å². The normalized spacial score (nSPS) is 21.2. The lowest BCUT2D eigenvalue weighted by Crippen LogP contribution is -2.44. The Kier molecular flexibility index (Phi) is 6.33. The Morgan fingerprint density at radius 3 is 2.11 bits per heavy atom. The van der Waals surface area contributed by atoms with Gasteiger partial charge < -0.3 is 9.13 Å². The monoisotopic (exact) mass is 721 g/mol. The van der Waals surface area contributed by atoms with Crippen molar-refractivity contribution in [1.29, 1.82) is 0 Å². The maximum absolute atomic E-state index is 16.6. The molecule has 0 fully saturated rings.